The molecule has 3 heterocycles. The highest BCUT2D eigenvalue weighted by atomic mass is 35.5. The summed E-state index contributed by atoms with van der Waals surface area (Å²) in [5, 5.41) is 8.81. The molecule has 0 amide bonds. The number of nitrogens with one attached hydrogen (secondary N) is 1. The fraction of sp³-hybridized carbons (Fsp3) is 0.455. The van der Waals surface area contributed by atoms with Crippen LogP contribution in [0.15, 0.2) is 12.1 Å². The molecule has 0 aliphatic carbocycles. The average Bonchev–Trinajstić information content (AvgIpc) is 2.74. The summed E-state index contributed by atoms with van der Waals surface area (Å²) >= 11 is 11.9. The molecule has 0 aromatic carbocycles. The van der Waals surface area contributed by atoms with Gasteiger partial charge < -0.3 is 5.32 Å². The van der Waals surface area contributed by atoms with Gasteiger partial charge >= 0.3 is 0 Å². The summed E-state index contributed by atoms with van der Waals surface area (Å²) in [6.07, 6.45) is 3.57. The van der Waals surface area contributed by atoms with E-state index in [2.05, 4.69) is 15.4 Å². The molecule has 3 rings (SSSR count). The van der Waals surface area contributed by atoms with Crippen LogP contribution in [0.3, 0.4) is 0 Å². The van der Waals surface area contributed by atoms with Crippen LogP contribution >= 0.6 is 35.6 Å². The lowest BCUT2D eigenvalue weighted by Gasteiger charge is -2.21. The van der Waals surface area contributed by atoms with Crippen molar-refractivity contribution in [1.29, 1.82) is 0 Å². The van der Waals surface area contributed by atoms with Crippen molar-refractivity contribution in [1.82, 2.24) is 19.9 Å². The third-order valence-electron chi connectivity index (χ3n) is 3.04. The zero-order chi connectivity index (χ0) is 11.8. The van der Waals surface area contributed by atoms with Crippen molar-refractivity contribution in [3.63, 3.8) is 0 Å². The minimum absolute atomic E-state index is 0. The molecule has 1 atom stereocenters. The number of rotatable bonds is 1. The minimum atomic E-state index is 0. The molecule has 1 saturated heterocycles. The molecular weight excluding hydrogens is 295 g/mol. The van der Waals surface area contributed by atoms with Crippen LogP contribution in [0.2, 0.25) is 10.3 Å². The number of fused-ring (bicyclic) bond motifs is 1. The second-order valence-corrected chi connectivity index (χ2v) is 5.02. The molecule has 0 radical (unpaired) electrons. The van der Waals surface area contributed by atoms with Gasteiger partial charge in [0.15, 0.2) is 5.65 Å². The molecule has 1 aliphatic heterocycles. The lowest BCUT2D eigenvalue weighted by atomic mass is 10.0. The molecule has 2 aromatic heterocycles. The van der Waals surface area contributed by atoms with Crippen LogP contribution in [0.25, 0.3) is 5.65 Å². The van der Waals surface area contributed by atoms with Gasteiger partial charge in [0, 0.05) is 12.1 Å². The van der Waals surface area contributed by atoms with Gasteiger partial charge in [0.1, 0.15) is 10.3 Å². The van der Waals surface area contributed by atoms with E-state index in [0.29, 0.717) is 22.0 Å². The molecule has 1 N–H and O–H groups in total. The summed E-state index contributed by atoms with van der Waals surface area (Å²) in [6.45, 7) is 1.04. The van der Waals surface area contributed by atoms with Gasteiger partial charge in [-0.3, -0.25) is 0 Å². The van der Waals surface area contributed by atoms with Gasteiger partial charge in [-0.1, -0.05) is 29.6 Å². The molecule has 7 heteroatoms. The zero-order valence-corrected chi connectivity index (χ0v) is 11.9. The fourth-order valence-corrected chi connectivity index (χ4v) is 2.68. The van der Waals surface area contributed by atoms with Crippen molar-refractivity contribution >= 4 is 41.3 Å². The SMILES string of the molecule is Cl.Clc1cc(Cl)n2nc([C@@H]3CCCCN3)cc2n1. The van der Waals surface area contributed by atoms with E-state index < -0.39 is 0 Å². The standard InChI is InChI=1S/C11H12Cl2N4.ClH/c12-9-6-10(13)17-11(15-9)5-8(16-17)7-3-1-2-4-14-7;/h5-7,14H,1-4H2;1H/t7-;/m0./s1. The summed E-state index contributed by atoms with van der Waals surface area (Å²) in [7, 11) is 0. The summed E-state index contributed by atoms with van der Waals surface area (Å²) in [5.41, 5.74) is 1.69. The Morgan fingerprint density at radius 3 is 2.83 bits per heavy atom. The maximum absolute atomic E-state index is 6.07. The molecule has 1 aliphatic rings. The van der Waals surface area contributed by atoms with E-state index in [1.807, 2.05) is 6.07 Å². The van der Waals surface area contributed by atoms with E-state index in [0.717, 1.165) is 18.7 Å². The molecule has 1 fully saturated rings. The van der Waals surface area contributed by atoms with Crippen molar-refractivity contribution in [3.8, 4) is 0 Å². The van der Waals surface area contributed by atoms with E-state index in [9.17, 15) is 0 Å². The van der Waals surface area contributed by atoms with Gasteiger partial charge in [0.05, 0.1) is 11.7 Å². The largest absolute Gasteiger partial charge is 0.309 e. The number of hydrogen-bond donors (Lipinski definition) is 1. The Labute approximate surface area is 121 Å². The first-order chi connectivity index (χ1) is 8.24. The van der Waals surface area contributed by atoms with Crippen molar-refractivity contribution in [2.24, 2.45) is 0 Å². The molecule has 0 bridgehead atoms. The van der Waals surface area contributed by atoms with E-state index >= 15 is 0 Å². The Morgan fingerprint density at radius 1 is 1.28 bits per heavy atom. The van der Waals surface area contributed by atoms with Crippen LogP contribution in [0.5, 0.6) is 0 Å². The van der Waals surface area contributed by atoms with E-state index in [1.165, 1.54) is 12.8 Å². The summed E-state index contributed by atoms with van der Waals surface area (Å²) < 4.78 is 1.62. The highest BCUT2D eigenvalue weighted by molar-refractivity contribution is 6.33. The normalized spacial score (nSPS) is 19.8. The molecule has 4 nitrogen and oxygen atoms in total. The van der Waals surface area contributed by atoms with Gasteiger partial charge in [0.2, 0.25) is 0 Å². The van der Waals surface area contributed by atoms with Gasteiger partial charge in [-0.15, -0.1) is 12.4 Å². The molecule has 0 unspecified atom stereocenters. The van der Waals surface area contributed by atoms with Gasteiger partial charge in [0.25, 0.3) is 0 Å². The van der Waals surface area contributed by atoms with Crippen LogP contribution in [0, 0.1) is 0 Å². The van der Waals surface area contributed by atoms with E-state index in [1.54, 1.807) is 10.6 Å². The van der Waals surface area contributed by atoms with Crippen molar-refractivity contribution in [2.75, 3.05) is 6.54 Å². The number of hydrogen-bond acceptors (Lipinski definition) is 3. The predicted octanol–water partition coefficient (Wildman–Crippen LogP) is 3.27. The average molecular weight is 308 g/mol. The molecule has 18 heavy (non-hydrogen) atoms. The lowest BCUT2D eigenvalue weighted by molar-refractivity contribution is 0.404. The number of piperidine rings is 1. The van der Waals surface area contributed by atoms with Crippen LogP contribution < -0.4 is 5.32 Å². The molecule has 98 valence electrons. The summed E-state index contributed by atoms with van der Waals surface area (Å²) in [5.74, 6) is 0. The van der Waals surface area contributed by atoms with E-state index in [4.69, 9.17) is 23.2 Å². The zero-order valence-electron chi connectivity index (χ0n) is 9.57. The number of halogens is 3. The first-order valence-corrected chi connectivity index (χ1v) is 6.45. The topological polar surface area (TPSA) is 42.2 Å². The van der Waals surface area contributed by atoms with Crippen LogP contribution in [0.4, 0.5) is 0 Å². The Bertz CT molecular complexity index is 548. The number of nitrogens with zero attached hydrogens (tertiary/aromatic N) is 3. The Balaban J connectivity index is 0.00000120. The summed E-state index contributed by atoms with van der Waals surface area (Å²) in [6, 6.07) is 3.85. The fourth-order valence-electron chi connectivity index (χ4n) is 2.20. The first-order valence-electron chi connectivity index (χ1n) is 5.69. The Morgan fingerprint density at radius 2 is 2.11 bits per heavy atom. The Kier molecular flexibility index (Phi) is 4.33. The lowest BCUT2D eigenvalue weighted by Crippen LogP contribution is -2.27. The first kappa shape index (κ1) is 13.9. The van der Waals surface area contributed by atoms with Crippen molar-refractivity contribution in [2.45, 2.75) is 25.3 Å². The second-order valence-electron chi connectivity index (χ2n) is 4.24. The van der Waals surface area contributed by atoms with E-state index in [-0.39, 0.29) is 12.4 Å². The van der Waals surface area contributed by atoms with Crippen LogP contribution in [-0.4, -0.2) is 21.1 Å². The second kappa shape index (κ2) is 5.61. The van der Waals surface area contributed by atoms with Crippen molar-refractivity contribution < 1.29 is 0 Å². The monoisotopic (exact) mass is 306 g/mol. The maximum Gasteiger partial charge on any atom is 0.158 e. The Hall–Kier alpha value is -0.550. The highest BCUT2D eigenvalue weighted by Gasteiger charge is 2.18. The molecular formula is C11H13Cl3N4. The predicted molar refractivity (Wildman–Crippen MR) is 74.8 cm³/mol. The van der Waals surface area contributed by atoms with Crippen LogP contribution in [0.1, 0.15) is 31.0 Å². The number of aromatic nitrogens is 3. The highest BCUT2D eigenvalue weighted by Crippen LogP contribution is 2.24. The summed E-state index contributed by atoms with van der Waals surface area (Å²) in [4.78, 5) is 4.21. The minimum Gasteiger partial charge on any atom is -0.309 e. The quantitative estimate of drug-likeness (QED) is 0.822. The van der Waals surface area contributed by atoms with Crippen molar-refractivity contribution in [3.05, 3.63) is 28.1 Å². The molecule has 2 aromatic rings. The maximum atomic E-state index is 6.07. The third-order valence-corrected chi connectivity index (χ3v) is 3.50. The molecule has 0 saturated carbocycles. The third kappa shape index (κ3) is 2.57. The van der Waals surface area contributed by atoms with Gasteiger partial charge in [-0.25, -0.2) is 9.50 Å². The van der Waals surface area contributed by atoms with Gasteiger partial charge in [-0.2, -0.15) is 5.10 Å². The molecule has 0 spiro atoms. The smallest absolute Gasteiger partial charge is 0.158 e. The van der Waals surface area contributed by atoms with Gasteiger partial charge in [-0.05, 0) is 19.4 Å². The van der Waals surface area contributed by atoms with Crippen LogP contribution in [-0.2, 0) is 0 Å².